The summed E-state index contributed by atoms with van der Waals surface area (Å²) >= 11 is 0. The number of nitrogens with zero attached hydrogens (tertiary/aromatic N) is 5. The van der Waals surface area contributed by atoms with Gasteiger partial charge in [0, 0.05) is 10.5 Å². The van der Waals surface area contributed by atoms with E-state index >= 15 is 0 Å². The number of hydrogen-bond acceptors (Lipinski definition) is 8. The number of imidazole rings is 1. The number of halogens is 3. The van der Waals surface area contributed by atoms with E-state index in [4.69, 9.17) is 20.4 Å². The molecule has 190 valence electrons. The molecule has 14 heteroatoms. The molecule has 0 bridgehead atoms. The van der Waals surface area contributed by atoms with E-state index in [-0.39, 0.29) is 23.3 Å². The summed E-state index contributed by atoms with van der Waals surface area (Å²) in [6, 6.07) is 10.9. The van der Waals surface area contributed by atoms with Gasteiger partial charge in [0.25, 0.3) is 0 Å². The third-order valence-corrected chi connectivity index (χ3v) is 5.16. The first-order chi connectivity index (χ1) is 17.1. The summed E-state index contributed by atoms with van der Waals surface area (Å²) < 4.78 is 49.7. The zero-order valence-electron chi connectivity index (χ0n) is 19.2. The second-order valence-corrected chi connectivity index (χ2v) is 7.47. The van der Waals surface area contributed by atoms with Gasteiger partial charge in [-0.2, -0.15) is 23.7 Å². The van der Waals surface area contributed by atoms with Crippen molar-refractivity contribution in [1.29, 1.82) is 10.9 Å². The zero-order chi connectivity index (χ0) is 26.5. The van der Waals surface area contributed by atoms with Crippen LogP contribution < -0.4 is 14.5 Å². The lowest BCUT2D eigenvalue weighted by Crippen LogP contribution is -2.24. The van der Waals surface area contributed by atoms with E-state index in [0.717, 1.165) is 23.6 Å². The summed E-state index contributed by atoms with van der Waals surface area (Å²) in [5, 5.41) is 22.6. The Morgan fingerprint density at radius 2 is 1.92 bits per heavy atom. The highest BCUT2D eigenvalue weighted by molar-refractivity contribution is 6.07. The molecule has 0 saturated heterocycles. The van der Waals surface area contributed by atoms with E-state index in [9.17, 15) is 23.3 Å². The van der Waals surface area contributed by atoms with E-state index in [0.29, 0.717) is 24.0 Å². The fourth-order valence-electron chi connectivity index (χ4n) is 3.22. The SMILES string of the molecule is CCC1Cn2cc([N+](=O)[O-])nc2O1.COc1ccc(N(N=N)C(=N)c2ccc(C(F)(F)F)cc2)cc1. The molecule has 1 aliphatic rings. The maximum Gasteiger partial charge on any atom is 0.416 e. The van der Waals surface area contributed by atoms with Gasteiger partial charge in [-0.3, -0.25) is 9.98 Å². The van der Waals surface area contributed by atoms with Crippen molar-refractivity contribution in [1.82, 2.24) is 9.55 Å². The number of hydrogen-bond donors (Lipinski definition) is 2. The highest BCUT2D eigenvalue weighted by Crippen LogP contribution is 2.30. The van der Waals surface area contributed by atoms with Crippen LogP contribution in [-0.2, 0) is 12.7 Å². The third kappa shape index (κ3) is 5.95. The van der Waals surface area contributed by atoms with Gasteiger partial charge in [0.1, 0.15) is 18.1 Å². The molecular weight excluding hydrogens is 483 g/mol. The Morgan fingerprint density at radius 1 is 1.28 bits per heavy atom. The normalized spacial score (nSPS) is 14.1. The van der Waals surface area contributed by atoms with Crippen molar-refractivity contribution in [2.24, 2.45) is 5.22 Å². The van der Waals surface area contributed by atoms with Crippen molar-refractivity contribution in [2.45, 2.75) is 32.2 Å². The smallest absolute Gasteiger partial charge is 0.416 e. The van der Waals surface area contributed by atoms with Gasteiger partial charge in [0.05, 0.1) is 24.9 Å². The minimum atomic E-state index is -4.43. The third-order valence-electron chi connectivity index (χ3n) is 5.16. The van der Waals surface area contributed by atoms with Crippen LogP contribution in [0.2, 0.25) is 0 Å². The Labute approximate surface area is 203 Å². The Kier molecular flexibility index (Phi) is 7.86. The van der Waals surface area contributed by atoms with Crippen molar-refractivity contribution >= 4 is 17.3 Å². The van der Waals surface area contributed by atoms with E-state index in [2.05, 4.69) is 10.2 Å². The first-order valence-electron chi connectivity index (χ1n) is 10.5. The molecule has 11 nitrogen and oxygen atoms in total. The summed E-state index contributed by atoms with van der Waals surface area (Å²) in [5.74, 6) is 0.239. The number of benzene rings is 2. The number of methoxy groups -OCH3 is 1. The van der Waals surface area contributed by atoms with E-state index in [1.807, 2.05) is 6.92 Å². The lowest BCUT2D eigenvalue weighted by molar-refractivity contribution is -0.389. The Hall–Kier alpha value is -4.49. The molecule has 1 unspecified atom stereocenters. The average molecular weight is 505 g/mol. The predicted molar refractivity (Wildman–Crippen MR) is 122 cm³/mol. The lowest BCUT2D eigenvalue weighted by Gasteiger charge is -2.18. The first kappa shape index (κ1) is 26.1. The molecule has 2 N–H and O–H groups in total. The number of fused-ring (bicyclic) bond motifs is 1. The van der Waals surface area contributed by atoms with Crippen molar-refractivity contribution in [2.75, 3.05) is 12.1 Å². The van der Waals surface area contributed by atoms with Gasteiger partial charge in [0.2, 0.25) is 0 Å². The van der Waals surface area contributed by atoms with Crippen LogP contribution in [0.5, 0.6) is 11.8 Å². The van der Waals surface area contributed by atoms with Crippen molar-refractivity contribution in [3.05, 3.63) is 76.0 Å². The molecule has 0 fully saturated rings. The highest BCUT2D eigenvalue weighted by atomic mass is 19.4. The summed E-state index contributed by atoms with van der Waals surface area (Å²) in [4.78, 5) is 13.5. The second kappa shape index (κ2) is 10.8. The topological polar surface area (TPSA) is 143 Å². The predicted octanol–water partition coefficient (Wildman–Crippen LogP) is 5.45. The average Bonchev–Trinajstić information content (AvgIpc) is 3.44. The number of aromatic nitrogens is 2. The molecule has 2 heterocycles. The van der Waals surface area contributed by atoms with Crippen LogP contribution in [0.15, 0.2) is 60.0 Å². The van der Waals surface area contributed by atoms with Crippen molar-refractivity contribution in [3.8, 4) is 11.8 Å². The standard InChI is InChI=1S/C15H13F3N4O.C7H9N3O3/c1-23-13-8-6-12(7-9-13)22(21-20)14(19)10-2-4-11(5-3-10)15(16,17)18;1-2-5-3-9-4-6(10(11)12)8-7(9)13-5/h2-9,19-20H,1H3;4-5H,2-3H2,1H3. The molecule has 0 aliphatic carbocycles. The number of anilines is 1. The first-order valence-corrected chi connectivity index (χ1v) is 10.5. The van der Waals surface area contributed by atoms with Gasteiger partial charge >= 0.3 is 18.0 Å². The summed E-state index contributed by atoms with van der Waals surface area (Å²) in [6.45, 7) is 2.66. The molecule has 1 aliphatic heterocycles. The van der Waals surface area contributed by atoms with Crippen LogP contribution in [0.4, 0.5) is 24.7 Å². The molecule has 2 aromatic carbocycles. The van der Waals surface area contributed by atoms with Crippen LogP contribution in [0, 0.1) is 21.1 Å². The molecule has 0 spiro atoms. The van der Waals surface area contributed by atoms with Gasteiger partial charge in [-0.1, -0.05) is 24.3 Å². The summed E-state index contributed by atoms with van der Waals surface area (Å²) in [5.41, 5.74) is 7.05. The molecule has 1 atom stereocenters. The van der Waals surface area contributed by atoms with Gasteiger partial charge in [0.15, 0.2) is 5.84 Å². The molecule has 0 saturated carbocycles. The number of rotatable bonds is 6. The van der Waals surface area contributed by atoms with E-state index < -0.39 is 16.7 Å². The maximum absolute atomic E-state index is 12.6. The largest absolute Gasteiger partial charge is 0.497 e. The van der Waals surface area contributed by atoms with Gasteiger partial charge in [-0.15, -0.1) is 0 Å². The van der Waals surface area contributed by atoms with Gasteiger partial charge in [-0.25, -0.2) is 0 Å². The molecule has 36 heavy (non-hydrogen) atoms. The molecule has 1 aromatic heterocycles. The van der Waals surface area contributed by atoms with Crippen LogP contribution in [0.3, 0.4) is 0 Å². The minimum Gasteiger partial charge on any atom is -0.497 e. The number of nitro groups is 1. The number of ether oxygens (including phenoxy) is 2. The van der Waals surface area contributed by atoms with Gasteiger partial charge < -0.3 is 19.6 Å². The number of alkyl halides is 3. The van der Waals surface area contributed by atoms with Crippen LogP contribution in [0.25, 0.3) is 0 Å². The van der Waals surface area contributed by atoms with Crippen LogP contribution in [0.1, 0.15) is 24.5 Å². The van der Waals surface area contributed by atoms with Crippen molar-refractivity contribution in [3.63, 3.8) is 0 Å². The molecular formula is C22H22F3N7O4. The molecule has 3 aromatic rings. The highest BCUT2D eigenvalue weighted by Gasteiger charge is 2.31. The number of nitrogens with one attached hydrogen (secondary N) is 2. The fraction of sp³-hybridized carbons (Fsp3) is 0.273. The van der Waals surface area contributed by atoms with Gasteiger partial charge in [-0.05, 0) is 47.7 Å². The second-order valence-electron chi connectivity index (χ2n) is 7.47. The molecule has 4 rings (SSSR count). The van der Waals surface area contributed by atoms with Crippen LogP contribution >= 0.6 is 0 Å². The lowest BCUT2D eigenvalue weighted by atomic mass is 10.1. The zero-order valence-corrected chi connectivity index (χ0v) is 19.2. The summed E-state index contributed by atoms with van der Waals surface area (Å²) in [7, 11) is 1.51. The maximum atomic E-state index is 12.6. The fourth-order valence-corrected chi connectivity index (χ4v) is 3.22. The molecule has 0 amide bonds. The van der Waals surface area contributed by atoms with E-state index in [1.54, 1.807) is 28.8 Å². The summed E-state index contributed by atoms with van der Waals surface area (Å²) in [6.07, 6.45) is -2.03. The molecule has 0 radical (unpaired) electrons. The Bertz CT molecular complexity index is 1200. The minimum absolute atomic E-state index is 0.114. The Balaban J connectivity index is 0.000000233. The van der Waals surface area contributed by atoms with E-state index in [1.165, 1.54) is 25.4 Å². The quantitative estimate of drug-likeness (QED) is 0.150. The monoisotopic (exact) mass is 505 g/mol. The van der Waals surface area contributed by atoms with Crippen LogP contribution in [-0.4, -0.2) is 33.5 Å². The number of amidine groups is 1. The van der Waals surface area contributed by atoms with Crippen molar-refractivity contribution < 1.29 is 27.6 Å². The Morgan fingerprint density at radius 3 is 2.39 bits per heavy atom.